The zero-order chi connectivity index (χ0) is 14.1. The number of rotatable bonds is 2. The molecular weight excluding hydrogens is 268 g/mol. The van der Waals surface area contributed by atoms with Crippen LogP contribution in [0.2, 0.25) is 0 Å². The van der Waals surface area contributed by atoms with Gasteiger partial charge in [-0.2, -0.15) is 31.3 Å². The van der Waals surface area contributed by atoms with Crippen LogP contribution in [0.3, 0.4) is 0 Å². The normalized spacial score (nSPS) is 12.8. The molecule has 1 aromatic rings. The van der Waals surface area contributed by atoms with Gasteiger partial charge in [-0.25, -0.2) is 0 Å². The highest BCUT2D eigenvalue weighted by Crippen LogP contribution is 2.36. The van der Waals surface area contributed by atoms with Crippen molar-refractivity contribution in [1.82, 2.24) is 4.98 Å². The highest BCUT2D eigenvalue weighted by molar-refractivity contribution is 5.58. The predicted molar refractivity (Wildman–Crippen MR) is 49.6 cm³/mol. The van der Waals surface area contributed by atoms with Crippen LogP contribution in [0, 0.1) is 0 Å². The molecule has 0 bridgehead atoms. The summed E-state index contributed by atoms with van der Waals surface area (Å²) in [7, 11) is 0. The molecule has 0 radical (unpaired) electrons. The third-order valence-electron chi connectivity index (χ3n) is 1.77. The minimum Gasteiger partial charge on any atom is -0.455 e. The highest BCUT2D eigenvalue weighted by atomic mass is 19.4. The molecule has 0 unspecified atom stereocenters. The van der Waals surface area contributed by atoms with E-state index in [9.17, 15) is 26.3 Å². The minimum absolute atomic E-state index is 0.0853. The van der Waals surface area contributed by atoms with Crippen LogP contribution >= 0.6 is 0 Å². The number of halogens is 6. The summed E-state index contributed by atoms with van der Waals surface area (Å²) in [4.78, 5) is 3.17. The van der Waals surface area contributed by atoms with Crippen molar-refractivity contribution in [3.05, 3.63) is 12.1 Å². The molecule has 0 aliphatic heterocycles. The Kier molecular flexibility index (Phi) is 3.49. The topological polar surface area (TPSA) is 74.2 Å². The zero-order valence-electron chi connectivity index (χ0n) is 8.51. The van der Waals surface area contributed by atoms with Crippen molar-refractivity contribution in [2.75, 3.05) is 11.5 Å². The molecule has 18 heavy (non-hydrogen) atoms. The maximum Gasteiger partial charge on any atom is 0.434 e. The monoisotopic (exact) mass is 275 g/mol. The average molecular weight is 275 g/mol. The summed E-state index contributed by atoms with van der Waals surface area (Å²) in [5.74, 6) is -1.34. The zero-order valence-corrected chi connectivity index (χ0v) is 8.51. The SMILES string of the molecule is Nc1ccc(OC(C(F)(F)F)C(F)(F)F)nc1N. The number of pyridine rings is 1. The maximum atomic E-state index is 12.2. The van der Waals surface area contributed by atoms with Gasteiger partial charge in [-0.15, -0.1) is 0 Å². The van der Waals surface area contributed by atoms with Gasteiger partial charge in [0.1, 0.15) is 0 Å². The highest BCUT2D eigenvalue weighted by Gasteiger charge is 2.59. The molecule has 0 atom stereocenters. The van der Waals surface area contributed by atoms with Crippen molar-refractivity contribution in [3.63, 3.8) is 0 Å². The summed E-state index contributed by atoms with van der Waals surface area (Å²) in [6.45, 7) is 0. The van der Waals surface area contributed by atoms with Crippen molar-refractivity contribution in [2.24, 2.45) is 0 Å². The first-order chi connectivity index (χ1) is 8.01. The molecule has 0 spiro atoms. The third kappa shape index (κ3) is 3.31. The number of anilines is 2. The lowest BCUT2D eigenvalue weighted by atomic mass is 10.3. The molecule has 1 rings (SSSR count). The van der Waals surface area contributed by atoms with Crippen molar-refractivity contribution in [2.45, 2.75) is 18.5 Å². The lowest BCUT2D eigenvalue weighted by molar-refractivity contribution is -0.300. The van der Waals surface area contributed by atoms with Crippen LogP contribution in [0.25, 0.3) is 0 Å². The van der Waals surface area contributed by atoms with E-state index in [0.717, 1.165) is 12.1 Å². The van der Waals surface area contributed by atoms with E-state index < -0.39 is 30.2 Å². The van der Waals surface area contributed by atoms with Gasteiger partial charge in [0.2, 0.25) is 5.88 Å². The van der Waals surface area contributed by atoms with Gasteiger partial charge >= 0.3 is 12.4 Å². The van der Waals surface area contributed by atoms with Crippen LogP contribution in [0.1, 0.15) is 0 Å². The van der Waals surface area contributed by atoms with E-state index in [1.165, 1.54) is 0 Å². The molecule has 0 fully saturated rings. The maximum absolute atomic E-state index is 12.2. The van der Waals surface area contributed by atoms with Gasteiger partial charge in [0.15, 0.2) is 5.82 Å². The van der Waals surface area contributed by atoms with Crippen LogP contribution in [-0.4, -0.2) is 23.4 Å². The minimum atomic E-state index is -5.62. The Bertz CT molecular complexity index is 416. The molecule has 4 N–H and O–H groups in total. The van der Waals surface area contributed by atoms with Crippen molar-refractivity contribution in [1.29, 1.82) is 0 Å². The number of hydrogen-bond donors (Lipinski definition) is 2. The molecule has 10 heteroatoms. The first kappa shape index (κ1) is 14.2. The first-order valence-corrected chi connectivity index (χ1v) is 4.34. The lowest BCUT2D eigenvalue weighted by Gasteiger charge is -2.23. The Morgan fingerprint density at radius 3 is 1.89 bits per heavy atom. The Labute approximate surface area is 96.5 Å². The molecule has 0 saturated carbocycles. The van der Waals surface area contributed by atoms with Crippen LogP contribution in [0.5, 0.6) is 5.88 Å². The molecule has 1 aromatic heterocycles. The third-order valence-corrected chi connectivity index (χ3v) is 1.77. The summed E-state index contributed by atoms with van der Waals surface area (Å²) in [6, 6.07) is 1.75. The molecule has 102 valence electrons. The van der Waals surface area contributed by atoms with Crippen molar-refractivity contribution >= 4 is 11.5 Å². The van der Waals surface area contributed by atoms with Gasteiger partial charge < -0.3 is 16.2 Å². The first-order valence-electron chi connectivity index (χ1n) is 4.34. The molecule has 0 aliphatic carbocycles. The van der Waals surface area contributed by atoms with Crippen LogP contribution < -0.4 is 16.2 Å². The number of ether oxygens (including phenoxy) is 1. The molecule has 0 aliphatic rings. The molecule has 1 heterocycles. The molecule has 0 aromatic carbocycles. The Hall–Kier alpha value is -1.87. The number of nitrogens with zero attached hydrogens (tertiary/aromatic N) is 1. The van der Waals surface area contributed by atoms with E-state index in [-0.39, 0.29) is 5.69 Å². The number of nitrogen functional groups attached to an aromatic ring is 2. The number of nitrogens with two attached hydrogens (primary N) is 2. The van der Waals surface area contributed by atoms with Crippen molar-refractivity contribution < 1.29 is 31.1 Å². The van der Waals surface area contributed by atoms with E-state index in [0.29, 0.717) is 0 Å². The quantitative estimate of drug-likeness (QED) is 0.811. The van der Waals surface area contributed by atoms with E-state index in [4.69, 9.17) is 11.5 Å². The van der Waals surface area contributed by atoms with Gasteiger partial charge in [0.25, 0.3) is 6.10 Å². The van der Waals surface area contributed by atoms with E-state index in [2.05, 4.69) is 9.72 Å². The Morgan fingerprint density at radius 2 is 1.50 bits per heavy atom. The van der Waals surface area contributed by atoms with E-state index in [1.807, 2.05) is 0 Å². The van der Waals surface area contributed by atoms with Crippen LogP contribution in [-0.2, 0) is 0 Å². The average Bonchev–Trinajstić information content (AvgIpc) is 2.16. The van der Waals surface area contributed by atoms with Gasteiger partial charge in [-0.1, -0.05) is 0 Å². The summed E-state index contributed by atoms with van der Waals surface area (Å²) >= 11 is 0. The van der Waals surface area contributed by atoms with Crippen LogP contribution in [0.15, 0.2) is 12.1 Å². The number of alkyl halides is 6. The second kappa shape index (κ2) is 4.42. The van der Waals surface area contributed by atoms with Gasteiger partial charge in [0.05, 0.1) is 5.69 Å². The smallest absolute Gasteiger partial charge is 0.434 e. The summed E-state index contributed by atoms with van der Waals surface area (Å²) < 4.78 is 76.7. The predicted octanol–water partition coefficient (Wildman–Crippen LogP) is 2.12. The van der Waals surface area contributed by atoms with E-state index in [1.54, 1.807) is 0 Å². The van der Waals surface area contributed by atoms with Gasteiger partial charge in [0, 0.05) is 6.07 Å². The number of hydrogen-bond acceptors (Lipinski definition) is 4. The van der Waals surface area contributed by atoms with Crippen LogP contribution in [0.4, 0.5) is 37.8 Å². The fraction of sp³-hybridized carbons (Fsp3) is 0.375. The Morgan fingerprint density at radius 1 is 1.00 bits per heavy atom. The largest absolute Gasteiger partial charge is 0.455 e. The molecule has 0 amide bonds. The summed E-state index contributed by atoms with van der Waals surface area (Å²) in [5.41, 5.74) is 10.3. The fourth-order valence-electron chi connectivity index (χ4n) is 0.973. The second-order valence-electron chi connectivity index (χ2n) is 3.21. The fourth-order valence-corrected chi connectivity index (χ4v) is 0.973. The molecule has 4 nitrogen and oxygen atoms in total. The summed E-state index contributed by atoms with van der Waals surface area (Å²) in [5, 5.41) is 0. The van der Waals surface area contributed by atoms with Crippen molar-refractivity contribution in [3.8, 4) is 5.88 Å². The molecule has 0 saturated heterocycles. The lowest BCUT2D eigenvalue weighted by Crippen LogP contribution is -2.46. The summed E-state index contributed by atoms with van der Waals surface area (Å²) in [6.07, 6.45) is -15.2. The Balaban J connectivity index is 3.01. The van der Waals surface area contributed by atoms with E-state index >= 15 is 0 Å². The van der Waals surface area contributed by atoms with Gasteiger partial charge in [-0.05, 0) is 6.07 Å². The van der Waals surface area contributed by atoms with Gasteiger partial charge in [-0.3, -0.25) is 0 Å². The second-order valence-corrected chi connectivity index (χ2v) is 3.21. The standard InChI is InChI=1S/C8H7F6N3O/c9-7(10,11)6(8(12,13)14)18-4-2-1-3(15)5(16)17-4/h1-2,6H,15H2,(H2,16,17). The number of aromatic nitrogens is 1. The molecular formula is C8H7F6N3O.